The van der Waals surface area contributed by atoms with E-state index in [-0.39, 0.29) is 6.04 Å². The lowest BCUT2D eigenvalue weighted by molar-refractivity contribution is 0.562. The third-order valence-electron chi connectivity index (χ3n) is 1.70. The van der Waals surface area contributed by atoms with Crippen LogP contribution in [0.15, 0.2) is 24.5 Å². The molecule has 58 valence electrons. The van der Waals surface area contributed by atoms with Crippen LogP contribution in [0.3, 0.4) is 0 Å². The third kappa shape index (κ3) is 1.84. The Kier molecular flexibility index (Phi) is 2.74. The summed E-state index contributed by atoms with van der Waals surface area (Å²) < 4.78 is 1.95. The summed E-state index contributed by atoms with van der Waals surface area (Å²) in [7, 11) is 0. The highest BCUT2D eigenvalue weighted by atomic mass is 15.0. The van der Waals surface area contributed by atoms with Gasteiger partial charge in [0.15, 0.2) is 0 Å². The van der Waals surface area contributed by atoms with Gasteiger partial charge in [0.25, 0.3) is 0 Å². The van der Waals surface area contributed by atoms with Crippen LogP contribution < -0.4 is 0 Å². The molecule has 0 aliphatic heterocycles. The lowest BCUT2D eigenvalue weighted by atomic mass is 10.2. The van der Waals surface area contributed by atoms with Crippen LogP contribution in [-0.2, 0) is 0 Å². The van der Waals surface area contributed by atoms with Gasteiger partial charge in [0.05, 0.1) is 6.07 Å². The zero-order valence-corrected chi connectivity index (χ0v) is 6.70. The van der Waals surface area contributed by atoms with Crippen LogP contribution in [-0.4, -0.2) is 4.57 Å². The largest absolute Gasteiger partial charge is 0.338 e. The first-order valence-electron chi connectivity index (χ1n) is 3.90. The number of nitrogens with zero attached hydrogens (tertiary/aromatic N) is 2. The Morgan fingerprint density at radius 3 is 2.55 bits per heavy atom. The first-order chi connectivity index (χ1) is 5.38. The van der Waals surface area contributed by atoms with Crippen molar-refractivity contribution in [3.63, 3.8) is 0 Å². The number of hydrogen-bond donors (Lipinski definition) is 0. The molecule has 0 spiro atoms. The number of nitriles is 1. The Hall–Kier alpha value is -1.23. The molecule has 0 N–H and O–H groups in total. The van der Waals surface area contributed by atoms with Crippen LogP contribution in [0.4, 0.5) is 0 Å². The van der Waals surface area contributed by atoms with Crippen molar-refractivity contribution in [1.29, 1.82) is 5.26 Å². The van der Waals surface area contributed by atoms with E-state index in [1.807, 2.05) is 29.1 Å². The third-order valence-corrected chi connectivity index (χ3v) is 1.70. The molecule has 0 bridgehead atoms. The highest BCUT2D eigenvalue weighted by molar-refractivity contribution is 4.99. The normalized spacial score (nSPS) is 12.4. The second-order valence-electron chi connectivity index (χ2n) is 2.56. The summed E-state index contributed by atoms with van der Waals surface area (Å²) >= 11 is 0. The minimum absolute atomic E-state index is 0.0231. The Labute approximate surface area is 67.1 Å². The van der Waals surface area contributed by atoms with Gasteiger partial charge < -0.3 is 4.57 Å². The molecule has 1 rings (SSSR count). The van der Waals surface area contributed by atoms with Gasteiger partial charge in [-0.3, -0.25) is 0 Å². The van der Waals surface area contributed by atoms with Crippen LogP contribution in [0.25, 0.3) is 0 Å². The van der Waals surface area contributed by atoms with Gasteiger partial charge in [-0.1, -0.05) is 13.3 Å². The average Bonchev–Trinajstić information content (AvgIpc) is 2.52. The Balaban J connectivity index is 2.65. The molecule has 0 aromatic carbocycles. The quantitative estimate of drug-likeness (QED) is 0.646. The fourth-order valence-corrected chi connectivity index (χ4v) is 1.11. The van der Waals surface area contributed by atoms with E-state index in [4.69, 9.17) is 5.26 Å². The maximum Gasteiger partial charge on any atom is 0.120 e. The van der Waals surface area contributed by atoms with Gasteiger partial charge in [0.1, 0.15) is 6.04 Å². The number of aromatic nitrogens is 1. The highest BCUT2D eigenvalue weighted by Gasteiger charge is 2.04. The molecule has 11 heavy (non-hydrogen) atoms. The van der Waals surface area contributed by atoms with Crippen molar-refractivity contribution >= 4 is 0 Å². The monoisotopic (exact) mass is 148 g/mol. The van der Waals surface area contributed by atoms with Crippen LogP contribution in [0, 0.1) is 11.3 Å². The molecule has 0 fully saturated rings. The molecule has 0 radical (unpaired) electrons. The molecule has 0 aliphatic rings. The number of hydrogen-bond acceptors (Lipinski definition) is 1. The topological polar surface area (TPSA) is 28.7 Å². The van der Waals surface area contributed by atoms with E-state index in [0.717, 1.165) is 12.8 Å². The molecule has 0 saturated carbocycles. The molecule has 2 heteroatoms. The SMILES string of the molecule is CCCC(C#N)n1cccc1. The van der Waals surface area contributed by atoms with Gasteiger partial charge in [-0.15, -0.1) is 0 Å². The molecule has 1 atom stereocenters. The van der Waals surface area contributed by atoms with E-state index in [9.17, 15) is 0 Å². The second kappa shape index (κ2) is 3.82. The van der Waals surface area contributed by atoms with Gasteiger partial charge in [-0.2, -0.15) is 5.26 Å². The lowest BCUT2D eigenvalue weighted by Crippen LogP contribution is -2.02. The fraction of sp³-hybridized carbons (Fsp3) is 0.444. The van der Waals surface area contributed by atoms with Crippen LogP contribution >= 0.6 is 0 Å². The molecule has 0 amide bonds. The summed E-state index contributed by atoms with van der Waals surface area (Å²) in [6.45, 7) is 2.09. The molecule has 2 nitrogen and oxygen atoms in total. The molecule has 1 heterocycles. The average molecular weight is 148 g/mol. The van der Waals surface area contributed by atoms with Crippen molar-refractivity contribution in [2.24, 2.45) is 0 Å². The van der Waals surface area contributed by atoms with Crippen molar-refractivity contribution in [3.8, 4) is 6.07 Å². The van der Waals surface area contributed by atoms with Crippen LogP contribution in [0.1, 0.15) is 25.8 Å². The summed E-state index contributed by atoms with van der Waals surface area (Å²) in [5, 5.41) is 8.76. The summed E-state index contributed by atoms with van der Waals surface area (Å²) in [6.07, 6.45) is 5.86. The van der Waals surface area contributed by atoms with Gasteiger partial charge in [-0.05, 0) is 18.6 Å². The maximum atomic E-state index is 8.76. The summed E-state index contributed by atoms with van der Waals surface area (Å²) in [6, 6.07) is 6.18. The zero-order chi connectivity index (χ0) is 8.10. The standard InChI is InChI=1S/C9H12N2/c1-2-5-9(8-10)11-6-3-4-7-11/h3-4,6-7,9H,2,5H2,1H3. The van der Waals surface area contributed by atoms with Gasteiger partial charge >= 0.3 is 0 Å². The number of rotatable bonds is 3. The molecular weight excluding hydrogens is 136 g/mol. The lowest BCUT2D eigenvalue weighted by Gasteiger charge is -2.08. The smallest absolute Gasteiger partial charge is 0.120 e. The molecule has 1 aromatic rings. The molecular formula is C9H12N2. The molecule has 1 unspecified atom stereocenters. The minimum atomic E-state index is 0.0231. The van der Waals surface area contributed by atoms with Gasteiger partial charge in [-0.25, -0.2) is 0 Å². The van der Waals surface area contributed by atoms with Gasteiger partial charge in [0, 0.05) is 12.4 Å². The van der Waals surface area contributed by atoms with E-state index in [1.54, 1.807) is 0 Å². The van der Waals surface area contributed by atoms with E-state index in [0.29, 0.717) is 0 Å². The molecule has 1 aromatic heterocycles. The van der Waals surface area contributed by atoms with E-state index >= 15 is 0 Å². The second-order valence-corrected chi connectivity index (χ2v) is 2.56. The van der Waals surface area contributed by atoms with E-state index in [2.05, 4.69) is 13.0 Å². The first kappa shape index (κ1) is 7.87. The van der Waals surface area contributed by atoms with Crippen molar-refractivity contribution in [2.75, 3.05) is 0 Å². The summed E-state index contributed by atoms with van der Waals surface area (Å²) in [5.41, 5.74) is 0. The Morgan fingerprint density at radius 2 is 2.09 bits per heavy atom. The van der Waals surface area contributed by atoms with Crippen molar-refractivity contribution in [1.82, 2.24) is 4.57 Å². The minimum Gasteiger partial charge on any atom is -0.338 e. The van der Waals surface area contributed by atoms with Gasteiger partial charge in [0.2, 0.25) is 0 Å². The predicted octanol–water partition coefficient (Wildman–Crippen LogP) is 2.35. The van der Waals surface area contributed by atoms with Crippen LogP contribution in [0.5, 0.6) is 0 Å². The van der Waals surface area contributed by atoms with Crippen LogP contribution in [0.2, 0.25) is 0 Å². The summed E-state index contributed by atoms with van der Waals surface area (Å²) in [4.78, 5) is 0. The predicted molar refractivity (Wildman–Crippen MR) is 44.0 cm³/mol. The molecule has 0 aliphatic carbocycles. The summed E-state index contributed by atoms with van der Waals surface area (Å²) in [5.74, 6) is 0. The maximum absolute atomic E-state index is 8.76. The van der Waals surface area contributed by atoms with E-state index in [1.165, 1.54) is 0 Å². The Morgan fingerprint density at radius 1 is 1.45 bits per heavy atom. The van der Waals surface area contributed by atoms with Crippen molar-refractivity contribution in [2.45, 2.75) is 25.8 Å². The zero-order valence-electron chi connectivity index (χ0n) is 6.70. The first-order valence-corrected chi connectivity index (χ1v) is 3.90. The van der Waals surface area contributed by atoms with E-state index < -0.39 is 0 Å². The van der Waals surface area contributed by atoms with Crippen molar-refractivity contribution in [3.05, 3.63) is 24.5 Å². The Bertz CT molecular complexity index is 231. The van der Waals surface area contributed by atoms with Crippen molar-refractivity contribution < 1.29 is 0 Å². The highest BCUT2D eigenvalue weighted by Crippen LogP contribution is 2.11. The molecule has 0 saturated heterocycles. The fourth-order valence-electron chi connectivity index (χ4n) is 1.11.